The highest BCUT2D eigenvalue weighted by atomic mass is 28.4. The molecule has 1 aliphatic rings. The van der Waals surface area contributed by atoms with E-state index in [1.165, 1.54) is 5.56 Å². The van der Waals surface area contributed by atoms with E-state index in [0.29, 0.717) is 6.61 Å². The second kappa shape index (κ2) is 9.64. The van der Waals surface area contributed by atoms with E-state index in [0.717, 1.165) is 18.4 Å². The Morgan fingerprint density at radius 1 is 0.806 bits per heavy atom. The maximum atomic E-state index is 6.86. The molecule has 0 N–H and O–H groups in total. The maximum absolute atomic E-state index is 6.86. The first-order chi connectivity index (χ1) is 14.0. The smallest absolute Gasteiger partial charge is 0.192 e. The third kappa shape index (κ3) is 6.88. The zero-order valence-electron chi connectivity index (χ0n) is 21.7. The van der Waals surface area contributed by atoms with Crippen molar-refractivity contribution >= 4 is 16.6 Å². The molecule has 2 rings (SSSR count). The van der Waals surface area contributed by atoms with Crippen LogP contribution in [0.5, 0.6) is 0 Å². The molecule has 0 bridgehead atoms. The van der Waals surface area contributed by atoms with Crippen LogP contribution in [0.4, 0.5) is 0 Å². The summed E-state index contributed by atoms with van der Waals surface area (Å²) in [6.45, 7) is 28.1. The third-order valence-electron chi connectivity index (χ3n) is 7.60. The van der Waals surface area contributed by atoms with E-state index in [9.17, 15) is 0 Å². The standard InChI is InChI=1S/C26H46O3Si2/c1-20-23(28-30(8,9)25(2,3)4)17-22(27-19-21-15-13-12-14-16-21)18-24(20)29-31(10,11)26(5,6)7/h12-16,22-24H,1,17-19H2,2-11H3/t23-,24-/m1/s1. The van der Waals surface area contributed by atoms with Crippen LogP contribution in [0.3, 0.4) is 0 Å². The van der Waals surface area contributed by atoms with Gasteiger partial charge in [-0.15, -0.1) is 0 Å². The fourth-order valence-corrected chi connectivity index (χ4v) is 5.95. The Hall–Kier alpha value is -0.726. The minimum absolute atomic E-state index is 0.00909. The van der Waals surface area contributed by atoms with Crippen LogP contribution in [-0.4, -0.2) is 34.9 Å². The van der Waals surface area contributed by atoms with Gasteiger partial charge in [0.15, 0.2) is 16.6 Å². The van der Waals surface area contributed by atoms with Crippen LogP contribution in [0, 0.1) is 0 Å². The summed E-state index contributed by atoms with van der Waals surface area (Å²) in [7, 11) is -3.87. The molecule has 1 aliphatic carbocycles. The molecule has 0 aromatic heterocycles. The SMILES string of the molecule is C=C1[C@H](O[Si](C)(C)C(C)(C)C)CC(OCc2ccccc2)C[C@H]1O[Si](C)(C)C(C)(C)C. The lowest BCUT2D eigenvalue weighted by Crippen LogP contribution is -2.51. The van der Waals surface area contributed by atoms with Gasteiger partial charge in [0.25, 0.3) is 0 Å². The van der Waals surface area contributed by atoms with Crippen LogP contribution < -0.4 is 0 Å². The number of benzene rings is 1. The lowest BCUT2D eigenvalue weighted by Gasteiger charge is -2.47. The van der Waals surface area contributed by atoms with Crippen molar-refractivity contribution in [1.82, 2.24) is 0 Å². The number of hydrogen-bond acceptors (Lipinski definition) is 3. The average molecular weight is 463 g/mol. The van der Waals surface area contributed by atoms with E-state index >= 15 is 0 Å². The summed E-state index contributed by atoms with van der Waals surface area (Å²) in [5.74, 6) is 0. The van der Waals surface area contributed by atoms with Crippen LogP contribution in [0.15, 0.2) is 42.5 Å². The molecule has 31 heavy (non-hydrogen) atoms. The van der Waals surface area contributed by atoms with E-state index in [-0.39, 0.29) is 28.4 Å². The fraction of sp³-hybridized carbons (Fsp3) is 0.692. The van der Waals surface area contributed by atoms with E-state index in [2.05, 4.69) is 98.6 Å². The van der Waals surface area contributed by atoms with Gasteiger partial charge in [-0.3, -0.25) is 0 Å². The molecule has 5 heteroatoms. The molecule has 0 amide bonds. The van der Waals surface area contributed by atoms with E-state index in [4.69, 9.17) is 13.6 Å². The molecule has 0 unspecified atom stereocenters. The van der Waals surface area contributed by atoms with Gasteiger partial charge in [0, 0.05) is 12.8 Å². The molecular weight excluding hydrogens is 416 g/mol. The topological polar surface area (TPSA) is 27.7 Å². The van der Waals surface area contributed by atoms with Crippen molar-refractivity contribution in [2.45, 2.75) is 116 Å². The molecular formula is C26H46O3Si2. The molecule has 1 aromatic rings. The minimum Gasteiger partial charge on any atom is -0.410 e. The Morgan fingerprint density at radius 2 is 1.23 bits per heavy atom. The average Bonchev–Trinajstić information content (AvgIpc) is 2.62. The predicted octanol–water partition coefficient (Wildman–Crippen LogP) is 7.70. The van der Waals surface area contributed by atoms with Gasteiger partial charge in [-0.05, 0) is 47.4 Å². The summed E-state index contributed by atoms with van der Waals surface area (Å²) in [6.07, 6.45) is 1.80. The quantitative estimate of drug-likeness (QED) is 0.307. The highest BCUT2D eigenvalue weighted by molar-refractivity contribution is 6.74. The first-order valence-electron chi connectivity index (χ1n) is 11.7. The second-order valence-corrected chi connectivity index (χ2v) is 21.7. The Balaban J connectivity index is 2.22. The van der Waals surface area contributed by atoms with Crippen molar-refractivity contribution in [1.29, 1.82) is 0 Å². The molecule has 0 saturated heterocycles. The summed E-state index contributed by atoms with van der Waals surface area (Å²) in [6, 6.07) is 10.4. The van der Waals surface area contributed by atoms with Gasteiger partial charge in [-0.25, -0.2) is 0 Å². The first kappa shape index (κ1) is 26.5. The fourth-order valence-electron chi connectivity index (χ4n) is 3.32. The molecule has 2 atom stereocenters. The summed E-state index contributed by atoms with van der Waals surface area (Å²) in [4.78, 5) is 0. The van der Waals surface area contributed by atoms with E-state index < -0.39 is 16.6 Å². The van der Waals surface area contributed by atoms with Gasteiger partial charge in [0.2, 0.25) is 0 Å². The Labute approximate surface area is 193 Å². The van der Waals surface area contributed by atoms with Gasteiger partial charge in [-0.1, -0.05) is 78.5 Å². The summed E-state index contributed by atoms with van der Waals surface area (Å²) < 4.78 is 20.1. The Bertz CT molecular complexity index is 689. The van der Waals surface area contributed by atoms with Crippen molar-refractivity contribution in [2.75, 3.05) is 0 Å². The van der Waals surface area contributed by atoms with Gasteiger partial charge in [0.05, 0.1) is 24.9 Å². The Kier molecular flexibility index (Phi) is 8.25. The van der Waals surface area contributed by atoms with Crippen LogP contribution in [-0.2, 0) is 20.2 Å². The van der Waals surface area contributed by atoms with Crippen LogP contribution in [0.1, 0.15) is 59.9 Å². The highest BCUT2D eigenvalue weighted by Gasteiger charge is 2.46. The van der Waals surface area contributed by atoms with E-state index in [1.807, 2.05) is 6.07 Å². The van der Waals surface area contributed by atoms with Crippen molar-refractivity contribution in [3.8, 4) is 0 Å². The van der Waals surface area contributed by atoms with Gasteiger partial charge >= 0.3 is 0 Å². The molecule has 0 radical (unpaired) electrons. The summed E-state index contributed by atoms with van der Waals surface area (Å²) in [5, 5.41) is 0.307. The largest absolute Gasteiger partial charge is 0.410 e. The van der Waals surface area contributed by atoms with E-state index in [1.54, 1.807) is 0 Å². The number of ether oxygens (including phenoxy) is 1. The molecule has 1 aromatic carbocycles. The maximum Gasteiger partial charge on any atom is 0.192 e. The van der Waals surface area contributed by atoms with Crippen LogP contribution in [0.2, 0.25) is 36.3 Å². The van der Waals surface area contributed by atoms with Gasteiger partial charge in [-0.2, -0.15) is 0 Å². The zero-order valence-corrected chi connectivity index (χ0v) is 23.7. The normalized spacial score (nSPS) is 23.8. The highest BCUT2D eigenvalue weighted by Crippen LogP contribution is 2.43. The first-order valence-corrected chi connectivity index (χ1v) is 17.5. The molecule has 176 valence electrons. The monoisotopic (exact) mass is 462 g/mol. The van der Waals surface area contributed by atoms with Crippen LogP contribution in [0.25, 0.3) is 0 Å². The molecule has 0 aliphatic heterocycles. The third-order valence-corrected chi connectivity index (χ3v) is 16.6. The second-order valence-electron chi connectivity index (χ2n) is 12.2. The lowest BCUT2D eigenvalue weighted by atomic mass is 9.88. The molecule has 1 saturated carbocycles. The van der Waals surface area contributed by atoms with Crippen LogP contribution >= 0.6 is 0 Å². The van der Waals surface area contributed by atoms with Crippen molar-refractivity contribution in [2.24, 2.45) is 0 Å². The summed E-state index contributed by atoms with van der Waals surface area (Å²) >= 11 is 0. The molecule has 0 heterocycles. The summed E-state index contributed by atoms with van der Waals surface area (Å²) in [5.41, 5.74) is 2.31. The van der Waals surface area contributed by atoms with Gasteiger partial charge < -0.3 is 13.6 Å². The van der Waals surface area contributed by atoms with Crippen molar-refractivity contribution in [3.63, 3.8) is 0 Å². The van der Waals surface area contributed by atoms with Crippen molar-refractivity contribution < 1.29 is 13.6 Å². The van der Waals surface area contributed by atoms with Gasteiger partial charge in [0.1, 0.15) is 0 Å². The minimum atomic E-state index is -1.94. The number of hydrogen-bond donors (Lipinski definition) is 0. The lowest BCUT2D eigenvalue weighted by molar-refractivity contribution is -0.0321. The molecule has 3 nitrogen and oxygen atoms in total. The zero-order chi connectivity index (χ0) is 23.7. The van der Waals surface area contributed by atoms with Crippen molar-refractivity contribution in [3.05, 3.63) is 48.0 Å². The Morgan fingerprint density at radius 3 is 1.61 bits per heavy atom. The molecule has 0 spiro atoms. The predicted molar refractivity (Wildman–Crippen MR) is 138 cm³/mol. The number of rotatable bonds is 7. The molecule has 1 fully saturated rings.